The molecule has 0 atom stereocenters. The number of nitrogens with zero attached hydrogens (tertiary/aromatic N) is 2. The van der Waals surface area contributed by atoms with Crippen molar-refractivity contribution in [3.05, 3.63) is 65.7 Å². The molecule has 0 radical (unpaired) electrons. The largest absolute Gasteiger partial charge is 0.494 e. The highest BCUT2D eigenvalue weighted by Crippen LogP contribution is 2.26. The first-order chi connectivity index (χ1) is 14.1. The second-order valence-corrected chi connectivity index (χ2v) is 6.27. The van der Waals surface area contributed by atoms with Gasteiger partial charge >= 0.3 is 6.03 Å². The predicted octanol–water partition coefficient (Wildman–Crippen LogP) is 3.11. The molecule has 3 rings (SSSR count). The van der Waals surface area contributed by atoms with Crippen LogP contribution in [0.3, 0.4) is 0 Å². The van der Waals surface area contributed by atoms with Gasteiger partial charge in [-0.05, 0) is 42.8 Å². The molecule has 0 aliphatic carbocycles. The maximum absolute atomic E-state index is 13.1. The van der Waals surface area contributed by atoms with E-state index in [1.165, 1.54) is 13.2 Å². The van der Waals surface area contributed by atoms with Crippen LogP contribution < -0.4 is 9.64 Å². The van der Waals surface area contributed by atoms with Crippen LogP contribution in [0.2, 0.25) is 0 Å². The van der Waals surface area contributed by atoms with E-state index in [4.69, 9.17) is 9.47 Å². The lowest BCUT2D eigenvalue weighted by molar-refractivity contribution is -0.129. The van der Waals surface area contributed by atoms with E-state index in [0.717, 1.165) is 9.80 Å². The zero-order valence-corrected chi connectivity index (χ0v) is 16.3. The van der Waals surface area contributed by atoms with Crippen LogP contribution in [0.1, 0.15) is 12.5 Å². The van der Waals surface area contributed by atoms with Crippen molar-refractivity contribution >= 4 is 29.6 Å². The topological polar surface area (TPSA) is 76.2 Å². The molecule has 1 heterocycles. The monoisotopic (exact) mass is 394 g/mol. The van der Waals surface area contributed by atoms with Crippen LogP contribution in [0, 0.1) is 0 Å². The van der Waals surface area contributed by atoms with Gasteiger partial charge in [-0.3, -0.25) is 14.5 Å². The predicted molar refractivity (Wildman–Crippen MR) is 109 cm³/mol. The van der Waals surface area contributed by atoms with Crippen LogP contribution in [-0.4, -0.2) is 49.6 Å². The van der Waals surface area contributed by atoms with Gasteiger partial charge in [-0.1, -0.05) is 30.3 Å². The Balaban J connectivity index is 2.00. The summed E-state index contributed by atoms with van der Waals surface area (Å²) < 4.78 is 10.4. The molecule has 2 aromatic carbocycles. The summed E-state index contributed by atoms with van der Waals surface area (Å²) in [5.74, 6) is -0.606. The highest BCUT2D eigenvalue weighted by molar-refractivity contribution is 6.39. The van der Waals surface area contributed by atoms with Crippen LogP contribution in [0.15, 0.2) is 60.2 Å². The lowest BCUT2D eigenvalue weighted by Crippen LogP contribution is -2.57. The van der Waals surface area contributed by atoms with Crippen LogP contribution in [0.25, 0.3) is 6.08 Å². The zero-order chi connectivity index (χ0) is 20.8. The maximum atomic E-state index is 13.1. The zero-order valence-electron chi connectivity index (χ0n) is 16.3. The van der Waals surface area contributed by atoms with Gasteiger partial charge in [0.25, 0.3) is 11.8 Å². The molecule has 150 valence electrons. The molecule has 0 saturated carbocycles. The van der Waals surface area contributed by atoms with Crippen LogP contribution >= 0.6 is 0 Å². The van der Waals surface area contributed by atoms with Crippen molar-refractivity contribution in [3.63, 3.8) is 0 Å². The van der Waals surface area contributed by atoms with Gasteiger partial charge in [-0.25, -0.2) is 9.69 Å². The van der Waals surface area contributed by atoms with Crippen LogP contribution in [0.4, 0.5) is 10.5 Å². The summed E-state index contributed by atoms with van der Waals surface area (Å²) in [6.45, 7) is 2.65. The molecular formula is C22H22N2O5. The number of barbiturate groups is 1. The Bertz CT molecular complexity index is 922. The van der Waals surface area contributed by atoms with Crippen molar-refractivity contribution < 1.29 is 23.9 Å². The van der Waals surface area contributed by atoms with Crippen LogP contribution in [0.5, 0.6) is 5.75 Å². The average Bonchev–Trinajstić information content (AvgIpc) is 2.73. The molecule has 1 fully saturated rings. The molecule has 2 aromatic rings. The van der Waals surface area contributed by atoms with E-state index in [9.17, 15) is 14.4 Å². The van der Waals surface area contributed by atoms with Crippen LogP contribution in [-0.2, 0) is 14.3 Å². The number of hydrogen-bond donors (Lipinski definition) is 0. The molecule has 1 saturated heterocycles. The smallest absolute Gasteiger partial charge is 0.338 e. The quantitative estimate of drug-likeness (QED) is 0.533. The van der Waals surface area contributed by atoms with E-state index in [-0.39, 0.29) is 18.7 Å². The minimum absolute atomic E-state index is 0.0470. The number of hydrogen-bond acceptors (Lipinski definition) is 5. The molecule has 0 bridgehead atoms. The first-order valence-corrected chi connectivity index (χ1v) is 9.25. The Kier molecular flexibility index (Phi) is 6.41. The molecule has 7 heteroatoms. The molecule has 0 spiro atoms. The molecule has 7 nitrogen and oxygen atoms in total. The summed E-state index contributed by atoms with van der Waals surface area (Å²) in [6, 6.07) is 14.9. The molecule has 1 aliphatic rings. The number of rotatable bonds is 7. The fourth-order valence-corrected chi connectivity index (χ4v) is 2.95. The van der Waals surface area contributed by atoms with Gasteiger partial charge in [0.1, 0.15) is 11.3 Å². The van der Waals surface area contributed by atoms with Gasteiger partial charge in [0, 0.05) is 7.11 Å². The van der Waals surface area contributed by atoms with E-state index in [2.05, 4.69) is 0 Å². The third kappa shape index (κ3) is 4.35. The van der Waals surface area contributed by atoms with Crippen molar-refractivity contribution in [1.82, 2.24) is 4.90 Å². The highest BCUT2D eigenvalue weighted by atomic mass is 16.5. The molecule has 0 aromatic heterocycles. The number of amides is 4. The van der Waals surface area contributed by atoms with Crippen molar-refractivity contribution in [2.75, 3.05) is 31.8 Å². The second kappa shape index (κ2) is 9.16. The van der Waals surface area contributed by atoms with E-state index in [0.29, 0.717) is 23.6 Å². The minimum atomic E-state index is -0.688. The number of para-hydroxylation sites is 1. The fourth-order valence-electron chi connectivity index (χ4n) is 2.95. The van der Waals surface area contributed by atoms with E-state index >= 15 is 0 Å². The van der Waals surface area contributed by atoms with Crippen molar-refractivity contribution in [1.29, 1.82) is 0 Å². The summed E-state index contributed by atoms with van der Waals surface area (Å²) >= 11 is 0. The minimum Gasteiger partial charge on any atom is -0.494 e. The number of carbonyl (C=O) groups is 3. The Hall–Kier alpha value is -3.45. The van der Waals surface area contributed by atoms with Crippen molar-refractivity contribution in [3.8, 4) is 5.75 Å². The SMILES string of the molecule is CCOc1ccc(/C=C2/C(=O)N(CCOC)C(=O)N(c3ccccc3)C2=O)cc1. The lowest BCUT2D eigenvalue weighted by atomic mass is 10.1. The van der Waals surface area contributed by atoms with E-state index in [1.807, 2.05) is 6.92 Å². The molecule has 0 N–H and O–H groups in total. The molecule has 0 unspecified atom stereocenters. The molecule has 1 aliphatic heterocycles. The summed E-state index contributed by atoms with van der Waals surface area (Å²) in [7, 11) is 1.48. The average molecular weight is 394 g/mol. The standard InChI is InChI=1S/C22H22N2O5/c1-3-29-18-11-9-16(10-12-18)15-19-20(25)23(13-14-28-2)22(27)24(21(19)26)17-7-5-4-6-8-17/h4-12,15H,3,13-14H2,1-2H3/b19-15-. The van der Waals surface area contributed by atoms with Gasteiger partial charge < -0.3 is 9.47 Å². The number of benzene rings is 2. The summed E-state index contributed by atoms with van der Waals surface area (Å²) in [5, 5.41) is 0. The number of ether oxygens (including phenoxy) is 2. The second-order valence-electron chi connectivity index (χ2n) is 6.27. The molecular weight excluding hydrogens is 372 g/mol. The van der Waals surface area contributed by atoms with Gasteiger partial charge in [-0.15, -0.1) is 0 Å². The Morgan fingerprint density at radius 2 is 1.62 bits per heavy atom. The Labute approximate surface area is 169 Å². The Morgan fingerprint density at radius 1 is 0.931 bits per heavy atom. The number of methoxy groups -OCH3 is 1. The van der Waals surface area contributed by atoms with Crippen molar-refractivity contribution in [2.45, 2.75) is 6.92 Å². The normalized spacial score (nSPS) is 15.9. The summed E-state index contributed by atoms with van der Waals surface area (Å²) in [4.78, 5) is 40.9. The lowest BCUT2D eigenvalue weighted by Gasteiger charge is -2.33. The third-order valence-electron chi connectivity index (χ3n) is 4.37. The van der Waals surface area contributed by atoms with E-state index < -0.39 is 17.8 Å². The molecule has 29 heavy (non-hydrogen) atoms. The highest BCUT2D eigenvalue weighted by Gasteiger charge is 2.42. The summed E-state index contributed by atoms with van der Waals surface area (Å²) in [6.07, 6.45) is 1.49. The summed E-state index contributed by atoms with van der Waals surface area (Å²) in [5.41, 5.74) is 0.961. The first kappa shape index (κ1) is 20.3. The Morgan fingerprint density at radius 3 is 2.24 bits per heavy atom. The number of urea groups is 1. The number of imide groups is 2. The van der Waals surface area contributed by atoms with Gasteiger partial charge in [-0.2, -0.15) is 0 Å². The van der Waals surface area contributed by atoms with Crippen molar-refractivity contribution in [2.24, 2.45) is 0 Å². The fraction of sp³-hybridized carbons (Fsp3) is 0.227. The van der Waals surface area contributed by atoms with Gasteiger partial charge in [0.2, 0.25) is 0 Å². The first-order valence-electron chi connectivity index (χ1n) is 9.25. The third-order valence-corrected chi connectivity index (χ3v) is 4.37. The molecule has 4 amide bonds. The maximum Gasteiger partial charge on any atom is 0.338 e. The van der Waals surface area contributed by atoms with Gasteiger partial charge in [0.15, 0.2) is 0 Å². The van der Waals surface area contributed by atoms with E-state index in [1.54, 1.807) is 54.6 Å². The number of anilines is 1. The van der Waals surface area contributed by atoms with Gasteiger partial charge in [0.05, 0.1) is 25.4 Å². The number of carbonyl (C=O) groups excluding carboxylic acids is 3.